The predicted octanol–water partition coefficient (Wildman–Crippen LogP) is 0.914. The van der Waals surface area contributed by atoms with Crippen molar-refractivity contribution in [3.8, 4) is 0 Å². The van der Waals surface area contributed by atoms with E-state index in [1.165, 1.54) is 0 Å². The van der Waals surface area contributed by atoms with Crippen molar-refractivity contribution in [2.24, 2.45) is 5.84 Å². The smallest absolute Gasteiger partial charge is 0.145 e. The van der Waals surface area contributed by atoms with Crippen molar-refractivity contribution in [2.75, 3.05) is 17.9 Å². The number of methoxy groups -OCH3 is 1. The Hall–Kier alpha value is -1.40. The summed E-state index contributed by atoms with van der Waals surface area (Å²) in [6.07, 6.45) is 3.21. The first-order valence-electron chi connectivity index (χ1n) is 5.89. The first-order chi connectivity index (χ1) is 8.25. The molecule has 0 unspecified atom stereocenters. The van der Waals surface area contributed by atoms with Crippen LogP contribution in [0.3, 0.4) is 0 Å². The fraction of sp³-hybridized carbons (Fsp3) is 0.636. The molecule has 6 nitrogen and oxygen atoms in total. The third kappa shape index (κ3) is 2.83. The molecule has 1 heterocycles. The fourth-order valence-corrected chi connectivity index (χ4v) is 1.89. The summed E-state index contributed by atoms with van der Waals surface area (Å²) in [7, 11) is 1.75. The Morgan fingerprint density at radius 1 is 1.41 bits per heavy atom. The van der Waals surface area contributed by atoms with E-state index in [0.717, 1.165) is 30.9 Å². The zero-order valence-corrected chi connectivity index (χ0v) is 10.2. The lowest BCUT2D eigenvalue weighted by atomic mass is 9.89. The van der Waals surface area contributed by atoms with Crippen LogP contribution in [0, 0.1) is 0 Å². The zero-order valence-electron chi connectivity index (χ0n) is 10.2. The molecule has 4 N–H and O–H groups in total. The number of rotatable bonds is 5. The lowest BCUT2D eigenvalue weighted by Gasteiger charge is -2.35. The molecule has 2 rings (SSSR count). The van der Waals surface area contributed by atoms with Crippen LogP contribution in [-0.4, -0.2) is 29.2 Å². The second-order valence-electron chi connectivity index (χ2n) is 4.22. The van der Waals surface area contributed by atoms with Gasteiger partial charge in [0, 0.05) is 25.6 Å². The highest BCUT2D eigenvalue weighted by Gasteiger charge is 2.29. The Bertz CT molecular complexity index is 356. The van der Waals surface area contributed by atoms with Crippen LogP contribution in [0.5, 0.6) is 0 Å². The number of nitrogens with zero attached hydrogens (tertiary/aromatic N) is 2. The molecule has 0 bridgehead atoms. The summed E-state index contributed by atoms with van der Waals surface area (Å²) < 4.78 is 5.24. The maximum Gasteiger partial charge on any atom is 0.145 e. The molecular formula is C11H19N5O. The van der Waals surface area contributed by atoms with Gasteiger partial charge >= 0.3 is 0 Å². The van der Waals surface area contributed by atoms with E-state index < -0.39 is 0 Å². The van der Waals surface area contributed by atoms with Gasteiger partial charge in [0.2, 0.25) is 0 Å². The van der Waals surface area contributed by atoms with Crippen molar-refractivity contribution < 1.29 is 4.74 Å². The average molecular weight is 237 g/mol. The summed E-state index contributed by atoms with van der Waals surface area (Å²) in [5.41, 5.74) is 2.56. The maximum atomic E-state index is 5.38. The van der Waals surface area contributed by atoms with Gasteiger partial charge in [-0.15, -0.1) is 0 Å². The Labute approximate surface area is 101 Å². The van der Waals surface area contributed by atoms with Crippen LogP contribution in [0.4, 0.5) is 11.6 Å². The van der Waals surface area contributed by atoms with Crippen LogP contribution in [0.25, 0.3) is 0 Å². The van der Waals surface area contributed by atoms with E-state index in [1.54, 1.807) is 7.11 Å². The van der Waals surface area contributed by atoms with Gasteiger partial charge in [-0.1, -0.05) is 6.92 Å². The lowest BCUT2D eigenvalue weighted by molar-refractivity contribution is 0.0328. The van der Waals surface area contributed by atoms with Crippen LogP contribution in [0.1, 0.15) is 25.6 Å². The van der Waals surface area contributed by atoms with E-state index >= 15 is 0 Å². The van der Waals surface area contributed by atoms with Crippen LogP contribution in [-0.2, 0) is 11.2 Å². The minimum Gasteiger partial charge on any atom is -0.381 e. The number of nitrogen functional groups attached to an aromatic ring is 1. The highest BCUT2D eigenvalue weighted by Crippen LogP contribution is 2.26. The SMILES string of the molecule is CCc1nc(NN)cc(NC2CC(OC)C2)n1. The molecule has 0 aromatic carbocycles. The van der Waals surface area contributed by atoms with Gasteiger partial charge in [0.1, 0.15) is 17.5 Å². The van der Waals surface area contributed by atoms with E-state index in [0.29, 0.717) is 18.0 Å². The molecular weight excluding hydrogens is 218 g/mol. The quantitative estimate of drug-likeness (QED) is 0.521. The third-order valence-electron chi connectivity index (χ3n) is 3.02. The average Bonchev–Trinajstić information content (AvgIpc) is 2.32. The largest absolute Gasteiger partial charge is 0.381 e. The standard InChI is InChI=1S/C11H19N5O/c1-3-9-14-10(6-11(15-9)16-12)13-7-4-8(5-7)17-2/h6-8H,3-5,12H2,1-2H3,(H2,13,14,15,16). The van der Waals surface area contributed by atoms with Crippen molar-refractivity contribution in [1.29, 1.82) is 0 Å². The van der Waals surface area contributed by atoms with E-state index in [1.807, 2.05) is 13.0 Å². The van der Waals surface area contributed by atoms with E-state index in [-0.39, 0.29) is 0 Å². The van der Waals surface area contributed by atoms with E-state index in [2.05, 4.69) is 20.7 Å². The molecule has 94 valence electrons. The van der Waals surface area contributed by atoms with Crippen molar-refractivity contribution >= 4 is 11.6 Å². The zero-order chi connectivity index (χ0) is 12.3. The minimum atomic E-state index is 0.382. The Morgan fingerprint density at radius 2 is 2.12 bits per heavy atom. The van der Waals surface area contributed by atoms with Gasteiger partial charge in [-0.05, 0) is 12.8 Å². The Kier molecular flexibility index (Phi) is 3.75. The lowest BCUT2D eigenvalue weighted by Crippen LogP contribution is -2.40. The number of nitrogens with two attached hydrogens (primary N) is 1. The fourth-order valence-electron chi connectivity index (χ4n) is 1.89. The number of hydrogen-bond donors (Lipinski definition) is 3. The number of ether oxygens (including phenoxy) is 1. The molecule has 0 atom stereocenters. The summed E-state index contributed by atoms with van der Waals surface area (Å²) in [5.74, 6) is 7.62. The monoisotopic (exact) mass is 237 g/mol. The molecule has 1 aliphatic carbocycles. The first-order valence-corrected chi connectivity index (χ1v) is 5.89. The molecule has 1 fully saturated rings. The van der Waals surface area contributed by atoms with Gasteiger partial charge in [-0.3, -0.25) is 0 Å². The van der Waals surface area contributed by atoms with Gasteiger partial charge in [-0.25, -0.2) is 15.8 Å². The molecule has 1 saturated carbocycles. The highest BCUT2D eigenvalue weighted by atomic mass is 16.5. The van der Waals surface area contributed by atoms with Crippen molar-refractivity contribution in [2.45, 2.75) is 38.3 Å². The van der Waals surface area contributed by atoms with Crippen LogP contribution in [0.15, 0.2) is 6.07 Å². The highest BCUT2D eigenvalue weighted by molar-refractivity contribution is 5.47. The Balaban J connectivity index is 2.00. The van der Waals surface area contributed by atoms with Crippen molar-refractivity contribution in [1.82, 2.24) is 9.97 Å². The van der Waals surface area contributed by atoms with Gasteiger partial charge in [-0.2, -0.15) is 0 Å². The van der Waals surface area contributed by atoms with Gasteiger partial charge in [0.05, 0.1) is 6.10 Å². The second-order valence-corrected chi connectivity index (χ2v) is 4.22. The van der Waals surface area contributed by atoms with E-state index in [4.69, 9.17) is 10.6 Å². The van der Waals surface area contributed by atoms with Gasteiger partial charge in [0.15, 0.2) is 0 Å². The molecule has 0 saturated heterocycles. The second kappa shape index (κ2) is 5.29. The topological polar surface area (TPSA) is 85.1 Å². The third-order valence-corrected chi connectivity index (χ3v) is 3.02. The van der Waals surface area contributed by atoms with Crippen LogP contribution < -0.4 is 16.6 Å². The van der Waals surface area contributed by atoms with E-state index in [9.17, 15) is 0 Å². The maximum absolute atomic E-state index is 5.38. The number of nitrogens with one attached hydrogen (secondary N) is 2. The predicted molar refractivity (Wildman–Crippen MR) is 66.7 cm³/mol. The number of aromatic nitrogens is 2. The molecule has 0 spiro atoms. The van der Waals surface area contributed by atoms with Gasteiger partial charge < -0.3 is 15.5 Å². The summed E-state index contributed by atoms with van der Waals surface area (Å²) in [5, 5.41) is 3.37. The number of aryl methyl sites for hydroxylation is 1. The molecule has 1 aromatic heterocycles. The summed E-state index contributed by atoms with van der Waals surface area (Å²) in [6, 6.07) is 2.25. The summed E-state index contributed by atoms with van der Waals surface area (Å²) in [6.45, 7) is 2.02. The molecule has 0 radical (unpaired) electrons. The number of hydrogen-bond acceptors (Lipinski definition) is 6. The number of hydrazine groups is 1. The minimum absolute atomic E-state index is 0.382. The van der Waals surface area contributed by atoms with Crippen LogP contribution in [0.2, 0.25) is 0 Å². The summed E-state index contributed by atoms with van der Waals surface area (Å²) in [4.78, 5) is 8.65. The molecule has 6 heteroatoms. The number of anilines is 2. The summed E-state index contributed by atoms with van der Waals surface area (Å²) >= 11 is 0. The molecule has 1 aliphatic rings. The molecule has 0 aliphatic heterocycles. The molecule has 0 amide bonds. The molecule has 1 aromatic rings. The Morgan fingerprint density at radius 3 is 2.71 bits per heavy atom. The first kappa shape index (κ1) is 12.1. The van der Waals surface area contributed by atoms with Crippen molar-refractivity contribution in [3.05, 3.63) is 11.9 Å². The van der Waals surface area contributed by atoms with Gasteiger partial charge in [0.25, 0.3) is 0 Å². The van der Waals surface area contributed by atoms with Crippen molar-refractivity contribution in [3.63, 3.8) is 0 Å². The molecule has 17 heavy (non-hydrogen) atoms. The normalized spacial score (nSPS) is 23.0. The van der Waals surface area contributed by atoms with Crippen LogP contribution >= 0.6 is 0 Å².